The summed E-state index contributed by atoms with van der Waals surface area (Å²) < 4.78 is 39.4. The monoisotopic (exact) mass is 338 g/mol. The van der Waals surface area contributed by atoms with E-state index in [9.17, 15) is 13.2 Å². The van der Waals surface area contributed by atoms with Gasteiger partial charge in [0.05, 0.1) is 15.6 Å². The van der Waals surface area contributed by atoms with E-state index in [1.54, 1.807) is 13.0 Å². The van der Waals surface area contributed by atoms with E-state index in [0.29, 0.717) is 5.56 Å². The Bertz CT molecular complexity index is 640. The molecule has 2 aromatic rings. The normalized spacial score (nSPS) is 11.8. The van der Waals surface area contributed by atoms with Crippen LogP contribution in [0.2, 0.25) is 15.1 Å². The maximum atomic E-state index is 13.1. The summed E-state index contributed by atoms with van der Waals surface area (Å²) >= 11 is 17.8. The van der Waals surface area contributed by atoms with Gasteiger partial charge in [0, 0.05) is 10.6 Å². The van der Waals surface area contributed by atoms with Crippen molar-refractivity contribution in [3.63, 3.8) is 0 Å². The number of hydrogen-bond donors (Lipinski definition) is 0. The number of benzene rings is 2. The van der Waals surface area contributed by atoms with Gasteiger partial charge in [-0.25, -0.2) is 0 Å². The molecular formula is C14H8Cl3F3. The van der Waals surface area contributed by atoms with Gasteiger partial charge in [0.2, 0.25) is 0 Å². The standard InChI is InChI=1S/C14H8Cl3F3/c1-7-3-2-4-9(14(18,19)20)12(7)13-10(16)5-8(15)6-11(13)17/h2-6H,1H3. The van der Waals surface area contributed by atoms with Gasteiger partial charge in [-0.15, -0.1) is 0 Å². The minimum absolute atomic E-state index is 0.0216. The molecule has 0 amide bonds. The summed E-state index contributed by atoms with van der Waals surface area (Å²) in [4.78, 5) is 0. The van der Waals surface area contributed by atoms with Crippen molar-refractivity contribution >= 4 is 34.8 Å². The molecule has 2 aromatic carbocycles. The lowest BCUT2D eigenvalue weighted by atomic mass is 9.94. The molecule has 0 fully saturated rings. The van der Waals surface area contributed by atoms with E-state index >= 15 is 0 Å². The van der Waals surface area contributed by atoms with Crippen LogP contribution >= 0.6 is 34.8 Å². The van der Waals surface area contributed by atoms with Crippen molar-refractivity contribution in [1.82, 2.24) is 0 Å². The van der Waals surface area contributed by atoms with E-state index in [-0.39, 0.29) is 26.2 Å². The van der Waals surface area contributed by atoms with E-state index in [4.69, 9.17) is 34.8 Å². The van der Waals surface area contributed by atoms with Gasteiger partial charge in [-0.05, 0) is 36.2 Å². The van der Waals surface area contributed by atoms with Crippen molar-refractivity contribution in [3.05, 3.63) is 56.5 Å². The smallest absolute Gasteiger partial charge is 0.166 e. The van der Waals surface area contributed by atoms with Crippen molar-refractivity contribution in [2.75, 3.05) is 0 Å². The Morgan fingerprint density at radius 1 is 0.900 bits per heavy atom. The van der Waals surface area contributed by atoms with E-state index in [1.165, 1.54) is 18.2 Å². The van der Waals surface area contributed by atoms with Gasteiger partial charge in [-0.3, -0.25) is 0 Å². The fourth-order valence-corrected chi connectivity index (χ4v) is 3.02. The molecule has 0 aliphatic heterocycles. The fraction of sp³-hybridized carbons (Fsp3) is 0.143. The van der Waals surface area contributed by atoms with Gasteiger partial charge >= 0.3 is 6.18 Å². The molecule has 0 radical (unpaired) electrons. The first kappa shape index (κ1) is 15.5. The second-order valence-electron chi connectivity index (χ2n) is 4.24. The second-order valence-corrected chi connectivity index (χ2v) is 5.49. The molecule has 0 atom stereocenters. The largest absolute Gasteiger partial charge is 0.417 e. The Hall–Kier alpha value is -0.900. The van der Waals surface area contributed by atoms with E-state index in [1.807, 2.05) is 0 Å². The zero-order valence-corrected chi connectivity index (χ0v) is 12.4. The third kappa shape index (κ3) is 2.90. The summed E-state index contributed by atoms with van der Waals surface area (Å²) in [5.74, 6) is 0. The molecule has 6 heteroatoms. The maximum Gasteiger partial charge on any atom is 0.417 e. The van der Waals surface area contributed by atoms with Gasteiger partial charge in [0.15, 0.2) is 0 Å². The number of halogens is 6. The zero-order valence-electron chi connectivity index (χ0n) is 10.2. The number of rotatable bonds is 1. The number of aryl methyl sites for hydroxylation is 1. The van der Waals surface area contributed by atoms with Crippen molar-refractivity contribution in [2.45, 2.75) is 13.1 Å². The molecule has 0 saturated heterocycles. The van der Waals surface area contributed by atoms with Crippen LogP contribution in [0.5, 0.6) is 0 Å². The third-order valence-electron chi connectivity index (χ3n) is 2.84. The Morgan fingerprint density at radius 3 is 1.95 bits per heavy atom. The first-order chi connectivity index (χ1) is 9.21. The van der Waals surface area contributed by atoms with Gasteiger partial charge in [0.1, 0.15) is 0 Å². The third-order valence-corrected chi connectivity index (χ3v) is 3.65. The first-order valence-corrected chi connectivity index (χ1v) is 6.67. The van der Waals surface area contributed by atoms with Crippen LogP contribution in [0.4, 0.5) is 13.2 Å². The molecule has 106 valence electrons. The summed E-state index contributed by atoms with van der Waals surface area (Å²) in [6.07, 6.45) is -4.49. The lowest BCUT2D eigenvalue weighted by Crippen LogP contribution is -2.08. The maximum absolute atomic E-state index is 13.1. The molecule has 2 rings (SSSR count). The minimum atomic E-state index is -4.49. The highest BCUT2D eigenvalue weighted by atomic mass is 35.5. The van der Waals surface area contributed by atoms with Crippen LogP contribution in [-0.2, 0) is 6.18 Å². The summed E-state index contributed by atoms with van der Waals surface area (Å²) in [7, 11) is 0. The molecule has 0 nitrogen and oxygen atoms in total. The van der Waals surface area contributed by atoms with Gasteiger partial charge in [-0.1, -0.05) is 46.9 Å². The fourth-order valence-electron chi connectivity index (χ4n) is 2.02. The molecule has 20 heavy (non-hydrogen) atoms. The first-order valence-electron chi connectivity index (χ1n) is 5.53. The molecule has 0 unspecified atom stereocenters. The topological polar surface area (TPSA) is 0 Å². The van der Waals surface area contributed by atoms with Crippen LogP contribution in [0.3, 0.4) is 0 Å². The molecule has 0 spiro atoms. The SMILES string of the molecule is Cc1cccc(C(F)(F)F)c1-c1c(Cl)cc(Cl)cc1Cl. The van der Waals surface area contributed by atoms with Crippen molar-refractivity contribution in [1.29, 1.82) is 0 Å². The molecule has 0 bridgehead atoms. The van der Waals surface area contributed by atoms with Crippen molar-refractivity contribution < 1.29 is 13.2 Å². The van der Waals surface area contributed by atoms with E-state index in [0.717, 1.165) is 6.07 Å². The summed E-state index contributed by atoms with van der Waals surface area (Å²) in [6, 6.07) is 6.67. The zero-order chi connectivity index (χ0) is 15.1. The highest BCUT2D eigenvalue weighted by molar-refractivity contribution is 6.42. The Labute approximate surface area is 129 Å². The molecule has 0 saturated carbocycles. The summed E-state index contributed by atoms with van der Waals surface area (Å²) in [6.45, 7) is 1.58. The molecular weight excluding hydrogens is 332 g/mol. The van der Waals surface area contributed by atoms with Crippen LogP contribution in [0, 0.1) is 6.92 Å². The molecule has 0 N–H and O–H groups in total. The number of hydrogen-bond acceptors (Lipinski definition) is 0. The summed E-state index contributed by atoms with van der Waals surface area (Å²) in [5, 5.41) is 0.440. The van der Waals surface area contributed by atoms with Crippen molar-refractivity contribution in [2.24, 2.45) is 0 Å². The van der Waals surface area contributed by atoms with E-state index < -0.39 is 11.7 Å². The van der Waals surface area contributed by atoms with Crippen LogP contribution in [0.25, 0.3) is 11.1 Å². The van der Waals surface area contributed by atoms with Crippen LogP contribution in [0.1, 0.15) is 11.1 Å². The second kappa shape index (κ2) is 5.47. The van der Waals surface area contributed by atoms with E-state index in [2.05, 4.69) is 0 Å². The lowest BCUT2D eigenvalue weighted by Gasteiger charge is -2.17. The van der Waals surface area contributed by atoms with Crippen molar-refractivity contribution in [3.8, 4) is 11.1 Å². The Balaban J connectivity index is 2.83. The van der Waals surface area contributed by atoms with Gasteiger partial charge < -0.3 is 0 Å². The highest BCUT2D eigenvalue weighted by Crippen LogP contribution is 2.44. The van der Waals surface area contributed by atoms with Crippen LogP contribution in [-0.4, -0.2) is 0 Å². The van der Waals surface area contributed by atoms with Gasteiger partial charge in [-0.2, -0.15) is 13.2 Å². The predicted molar refractivity (Wildman–Crippen MR) is 76.6 cm³/mol. The molecule has 0 aliphatic rings. The quantitative estimate of drug-likeness (QED) is 0.546. The number of alkyl halides is 3. The minimum Gasteiger partial charge on any atom is -0.166 e. The Morgan fingerprint density at radius 2 is 1.45 bits per heavy atom. The molecule has 0 heterocycles. The average Bonchev–Trinajstić information content (AvgIpc) is 2.28. The molecule has 0 aromatic heterocycles. The van der Waals surface area contributed by atoms with Crippen LogP contribution in [0.15, 0.2) is 30.3 Å². The average molecular weight is 340 g/mol. The molecule has 0 aliphatic carbocycles. The van der Waals surface area contributed by atoms with Gasteiger partial charge in [0.25, 0.3) is 0 Å². The van der Waals surface area contributed by atoms with Crippen LogP contribution < -0.4 is 0 Å². The predicted octanol–water partition coefficient (Wildman–Crippen LogP) is 6.64. The highest BCUT2D eigenvalue weighted by Gasteiger charge is 2.35. The Kier molecular flexibility index (Phi) is 4.24. The lowest BCUT2D eigenvalue weighted by molar-refractivity contribution is -0.137. The summed E-state index contributed by atoms with van der Waals surface area (Å²) in [5.41, 5.74) is -0.218.